The average molecular weight is 426 g/mol. The maximum absolute atomic E-state index is 6.62. The molecule has 2 aromatic heterocycles. The standard InChI is InChI=1S/C24H19N5OS/c1-31-17-10-8-15(9-11-17)23-20-21(18-6-2-3-7-19(18)30-23)28-24-26-14-27-29(24)22(20)16-5-4-12-25-13-16/h2-14,22-23H,1H3,(H,26,27,28)/t22-,23+/m0/s1. The lowest BCUT2D eigenvalue weighted by Gasteiger charge is -2.38. The summed E-state index contributed by atoms with van der Waals surface area (Å²) in [7, 11) is 0. The van der Waals surface area contributed by atoms with Gasteiger partial charge in [-0.15, -0.1) is 11.8 Å². The number of thioether (sulfide) groups is 1. The maximum Gasteiger partial charge on any atom is 0.226 e. The summed E-state index contributed by atoms with van der Waals surface area (Å²) in [5.41, 5.74) is 5.28. The Balaban J connectivity index is 1.60. The molecule has 2 aromatic carbocycles. The SMILES string of the molecule is CSc1ccc([C@H]2Oc3ccccc3C3=C2[C@H](c2cccnc2)n2ncnc2N3)cc1. The van der Waals surface area contributed by atoms with Crippen LogP contribution in [0.15, 0.2) is 89.9 Å². The minimum Gasteiger partial charge on any atom is -0.480 e. The van der Waals surface area contributed by atoms with Gasteiger partial charge in [0.1, 0.15) is 24.2 Å². The van der Waals surface area contributed by atoms with Gasteiger partial charge in [0.25, 0.3) is 0 Å². The number of benzene rings is 2. The number of pyridine rings is 1. The van der Waals surface area contributed by atoms with Crippen LogP contribution in [0.5, 0.6) is 5.75 Å². The number of nitrogens with one attached hydrogen (secondary N) is 1. The Morgan fingerprint density at radius 2 is 1.87 bits per heavy atom. The van der Waals surface area contributed by atoms with Crippen molar-refractivity contribution in [2.45, 2.75) is 17.0 Å². The number of para-hydroxylation sites is 1. The number of fused-ring (bicyclic) bond motifs is 3. The lowest BCUT2D eigenvalue weighted by atomic mass is 9.85. The molecule has 2 aliphatic rings. The van der Waals surface area contributed by atoms with Crippen molar-refractivity contribution in [3.63, 3.8) is 0 Å². The number of anilines is 1. The second-order valence-electron chi connectivity index (χ2n) is 7.44. The predicted molar refractivity (Wildman–Crippen MR) is 121 cm³/mol. The molecule has 0 amide bonds. The zero-order valence-electron chi connectivity index (χ0n) is 16.8. The van der Waals surface area contributed by atoms with E-state index in [9.17, 15) is 0 Å². The van der Waals surface area contributed by atoms with E-state index in [-0.39, 0.29) is 12.1 Å². The molecule has 0 spiro atoms. The van der Waals surface area contributed by atoms with Crippen molar-refractivity contribution in [3.8, 4) is 5.75 Å². The summed E-state index contributed by atoms with van der Waals surface area (Å²) in [6, 6.07) is 20.5. The van der Waals surface area contributed by atoms with E-state index in [0.717, 1.165) is 33.7 Å². The molecule has 0 saturated carbocycles. The van der Waals surface area contributed by atoms with Crippen molar-refractivity contribution in [3.05, 3.63) is 102 Å². The molecule has 6 nitrogen and oxygen atoms in total. The molecule has 4 aromatic rings. The topological polar surface area (TPSA) is 64.9 Å². The van der Waals surface area contributed by atoms with Crippen LogP contribution in [0.2, 0.25) is 0 Å². The third-order valence-electron chi connectivity index (χ3n) is 5.74. The van der Waals surface area contributed by atoms with Crippen molar-refractivity contribution in [1.82, 2.24) is 19.7 Å². The molecule has 152 valence electrons. The first-order chi connectivity index (χ1) is 15.3. The fourth-order valence-corrected chi connectivity index (χ4v) is 4.74. The molecule has 31 heavy (non-hydrogen) atoms. The number of aromatic nitrogens is 4. The minimum absolute atomic E-state index is 0.180. The van der Waals surface area contributed by atoms with Gasteiger partial charge < -0.3 is 10.1 Å². The molecule has 0 unspecified atom stereocenters. The van der Waals surface area contributed by atoms with Gasteiger partial charge >= 0.3 is 0 Å². The van der Waals surface area contributed by atoms with E-state index in [2.05, 4.69) is 63.0 Å². The monoisotopic (exact) mass is 425 g/mol. The van der Waals surface area contributed by atoms with Gasteiger partial charge in [0, 0.05) is 28.4 Å². The normalized spacial score (nSPS) is 19.0. The lowest BCUT2D eigenvalue weighted by molar-refractivity contribution is 0.223. The van der Waals surface area contributed by atoms with Gasteiger partial charge in [-0.2, -0.15) is 10.1 Å². The second kappa shape index (κ2) is 7.28. The number of ether oxygens (including phenoxy) is 1. The Hall–Kier alpha value is -3.58. The van der Waals surface area contributed by atoms with E-state index >= 15 is 0 Å². The highest BCUT2D eigenvalue weighted by Crippen LogP contribution is 2.50. The Morgan fingerprint density at radius 3 is 2.68 bits per heavy atom. The van der Waals surface area contributed by atoms with Gasteiger partial charge in [0.15, 0.2) is 0 Å². The van der Waals surface area contributed by atoms with Gasteiger partial charge in [0.05, 0.1) is 5.70 Å². The van der Waals surface area contributed by atoms with Crippen LogP contribution in [0.25, 0.3) is 5.70 Å². The zero-order valence-corrected chi connectivity index (χ0v) is 17.6. The highest BCUT2D eigenvalue weighted by Gasteiger charge is 2.40. The van der Waals surface area contributed by atoms with E-state index in [4.69, 9.17) is 4.74 Å². The molecule has 0 bridgehead atoms. The van der Waals surface area contributed by atoms with Gasteiger partial charge in [0.2, 0.25) is 5.95 Å². The Bertz CT molecular complexity index is 1280. The van der Waals surface area contributed by atoms with Gasteiger partial charge in [-0.05, 0) is 47.7 Å². The van der Waals surface area contributed by atoms with Crippen LogP contribution in [0.4, 0.5) is 5.95 Å². The van der Waals surface area contributed by atoms with Crippen molar-refractivity contribution < 1.29 is 4.74 Å². The first kappa shape index (κ1) is 18.2. The molecule has 2 atom stereocenters. The quantitative estimate of drug-likeness (QED) is 0.468. The summed E-state index contributed by atoms with van der Waals surface area (Å²) in [5, 5.41) is 8.06. The largest absolute Gasteiger partial charge is 0.480 e. The third kappa shape index (κ3) is 2.92. The second-order valence-corrected chi connectivity index (χ2v) is 8.32. The van der Waals surface area contributed by atoms with Crippen LogP contribution in [0.3, 0.4) is 0 Å². The van der Waals surface area contributed by atoms with Crippen LogP contribution in [0, 0.1) is 0 Å². The highest BCUT2D eigenvalue weighted by molar-refractivity contribution is 7.98. The zero-order chi connectivity index (χ0) is 20.8. The summed E-state index contributed by atoms with van der Waals surface area (Å²) in [4.78, 5) is 10.1. The van der Waals surface area contributed by atoms with Crippen LogP contribution in [-0.4, -0.2) is 26.0 Å². The molecule has 2 aliphatic heterocycles. The first-order valence-electron chi connectivity index (χ1n) is 10.0. The van der Waals surface area contributed by atoms with Gasteiger partial charge in [-0.3, -0.25) is 4.98 Å². The fraction of sp³-hybridized carbons (Fsp3) is 0.125. The average Bonchev–Trinajstić information content (AvgIpc) is 3.31. The van der Waals surface area contributed by atoms with Crippen molar-refractivity contribution in [1.29, 1.82) is 0 Å². The molecule has 6 rings (SSSR count). The van der Waals surface area contributed by atoms with E-state index in [1.165, 1.54) is 4.90 Å². The number of nitrogens with zero attached hydrogens (tertiary/aromatic N) is 4. The number of hydrogen-bond donors (Lipinski definition) is 1. The summed E-state index contributed by atoms with van der Waals surface area (Å²) >= 11 is 1.73. The molecular formula is C24H19N5OS. The summed E-state index contributed by atoms with van der Waals surface area (Å²) in [5.74, 6) is 1.56. The minimum atomic E-state index is -0.268. The van der Waals surface area contributed by atoms with E-state index in [1.54, 1.807) is 24.3 Å². The van der Waals surface area contributed by atoms with Crippen molar-refractivity contribution >= 4 is 23.4 Å². The molecule has 0 aliphatic carbocycles. The summed E-state index contributed by atoms with van der Waals surface area (Å²) in [6.07, 6.45) is 7.07. The Kier molecular flexibility index (Phi) is 4.28. The molecular weight excluding hydrogens is 406 g/mol. The van der Waals surface area contributed by atoms with Crippen LogP contribution >= 0.6 is 11.8 Å². The molecule has 0 saturated heterocycles. The highest BCUT2D eigenvalue weighted by atomic mass is 32.2. The summed E-state index contributed by atoms with van der Waals surface area (Å²) < 4.78 is 8.53. The fourth-order valence-electron chi connectivity index (χ4n) is 4.33. The predicted octanol–water partition coefficient (Wildman–Crippen LogP) is 4.95. The van der Waals surface area contributed by atoms with E-state index < -0.39 is 0 Å². The molecule has 4 heterocycles. The van der Waals surface area contributed by atoms with Crippen LogP contribution in [0.1, 0.15) is 28.8 Å². The smallest absolute Gasteiger partial charge is 0.226 e. The van der Waals surface area contributed by atoms with Crippen LogP contribution < -0.4 is 10.1 Å². The van der Waals surface area contributed by atoms with Crippen molar-refractivity contribution in [2.75, 3.05) is 11.6 Å². The summed E-state index contributed by atoms with van der Waals surface area (Å²) in [6.45, 7) is 0. The van der Waals surface area contributed by atoms with Crippen LogP contribution in [-0.2, 0) is 0 Å². The molecule has 0 radical (unpaired) electrons. The Labute approximate surface area is 184 Å². The van der Waals surface area contributed by atoms with Gasteiger partial charge in [-0.1, -0.05) is 30.3 Å². The molecule has 1 N–H and O–H groups in total. The van der Waals surface area contributed by atoms with E-state index in [0.29, 0.717) is 5.95 Å². The lowest BCUT2D eigenvalue weighted by Crippen LogP contribution is -2.32. The van der Waals surface area contributed by atoms with Gasteiger partial charge in [-0.25, -0.2) is 4.68 Å². The number of hydrogen-bond acceptors (Lipinski definition) is 6. The first-order valence-corrected chi connectivity index (χ1v) is 11.3. The molecule has 7 heteroatoms. The van der Waals surface area contributed by atoms with E-state index in [1.807, 2.05) is 35.1 Å². The number of rotatable bonds is 3. The van der Waals surface area contributed by atoms with Crippen molar-refractivity contribution in [2.24, 2.45) is 0 Å². The third-order valence-corrected chi connectivity index (χ3v) is 6.48. The molecule has 0 fully saturated rings. The Morgan fingerprint density at radius 1 is 1.00 bits per heavy atom. The maximum atomic E-state index is 6.62.